The van der Waals surface area contributed by atoms with E-state index in [4.69, 9.17) is 0 Å². The number of hydrogen-bond donors (Lipinski definition) is 2. The molecule has 118 valence electrons. The van der Waals surface area contributed by atoms with E-state index in [-0.39, 0.29) is 17.8 Å². The average molecular weight is 301 g/mol. The number of aliphatic hydroxyl groups is 1. The van der Waals surface area contributed by atoms with Crippen LogP contribution in [-0.4, -0.2) is 40.5 Å². The Hall–Kier alpha value is -1.39. The van der Waals surface area contributed by atoms with Crippen molar-refractivity contribution >= 4 is 5.78 Å². The SMILES string of the molecule is CN1CC[C@]23CC(=O)CC[C@H]2[C@H]1Cc1ccc(CO)c(O)c13. The van der Waals surface area contributed by atoms with Crippen LogP contribution < -0.4 is 0 Å². The van der Waals surface area contributed by atoms with E-state index in [1.807, 2.05) is 12.1 Å². The van der Waals surface area contributed by atoms with E-state index >= 15 is 0 Å². The van der Waals surface area contributed by atoms with Crippen molar-refractivity contribution in [1.29, 1.82) is 0 Å². The van der Waals surface area contributed by atoms with E-state index in [0.717, 1.165) is 36.9 Å². The number of rotatable bonds is 1. The van der Waals surface area contributed by atoms with Gasteiger partial charge in [-0.25, -0.2) is 0 Å². The zero-order chi connectivity index (χ0) is 15.5. The average Bonchev–Trinajstić information content (AvgIpc) is 2.50. The van der Waals surface area contributed by atoms with E-state index in [2.05, 4.69) is 11.9 Å². The Morgan fingerprint density at radius 1 is 1.41 bits per heavy atom. The highest BCUT2D eigenvalue weighted by Gasteiger charge is 2.56. The molecule has 1 saturated heterocycles. The van der Waals surface area contributed by atoms with Gasteiger partial charge in [-0.05, 0) is 44.3 Å². The highest BCUT2D eigenvalue weighted by molar-refractivity contribution is 5.82. The van der Waals surface area contributed by atoms with Gasteiger partial charge in [-0.3, -0.25) is 4.79 Å². The minimum atomic E-state index is -0.213. The molecule has 0 unspecified atom stereocenters. The largest absolute Gasteiger partial charge is 0.507 e. The topological polar surface area (TPSA) is 60.8 Å². The Labute approximate surface area is 130 Å². The van der Waals surface area contributed by atoms with Gasteiger partial charge in [-0.15, -0.1) is 0 Å². The predicted molar refractivity (Wildman–Crippen MR) is 82.8 cm³/mol. The number of aromatic hydroxyl groups is 1. The first-order valence-electron chi connectivity index (χ1n) is 8.24. The lowest BCUT2D eigenvalue weighted by Crippen LogP contribution is -2.60. The number of likely N-dealkylation sites (N-methyl/N-ethyl adjacent to an activating group) is 1. The maximum Gasteiger partial charge on any atom is 0.133 e. The molecule has 0 spiro atoms. The molecule has 2 aliphatic carbocycles. The number of Topliss-reactive ketones (excluding diaryl/α,β-unsaturated/α-hetero) is 1. The van der Waals surface area contributed by atoms with Crippen LogP contribution in [0.5, 0.6) is 5.75 Å². The Balaban J connectivity index is 1.95. The van der Waals surface area contributed by atoms with Crippen LogP contribution in [0.2, 0.25) is 0 Å². The van der Waals surface area contributed by atoms with E-state index in [1.165, 1.54) is 0 Å². The second-order valence-electron chi connectivity index (χ2n) is 7.28. The Kier molecular flexibility index (Phi) is 3.10. The van der Waals surface area contributed by atoms with Gasteiger partial charge in [-0.2, -0.15) is 0 Å². The summed E-state index contributed by atoms with van der Waals surface area (Å²) in [5.74, 6) is 1.00. The summed E-state index contributed by atoms with van der Waals surface area (Å²) in [6.45, 7) is 0.813. The number of nitrogens with zero attached hydrogens (tertiary/aromatic N) is 1. The van der Waals surface area contributed by atoms with Crippen molar-refractivity contribution in [2.45, 2.75) is 50.2 Å². The molecule has 2 bridgehead atoms. The minimum Gasteiger partial charge on any atom is -0.507 e. The predicted octanol–water partition coefficient (Wildman–Crippen LogP) is 1.75. The third-order valence-electron chi connectivity index (χ3n) is 6.34. The van der Waals surface area contributed by atoms with Gasteiger partial charge in [0.25, 0.3) is 0 Å². The summed E-state index contributed by atoms with van der Waals surface area (Å²) < 4.78 is 0. The molecule has 3 aliphatic rings. The summed E-state index contributed by atoms with van der Waals surface area (Å²) in [5.41, 5.74) is 2.51. The molecule has 22 heavy (non-hydrogen) atoms. The molecule has 4 rings (SSSR count). The maximum absolute atomic E-state index is 12.2. The van der Waals surface area contributed by atoms with Gasteiger partial charge in [0.15, 0.2) is 0 Å². The van der Waals surface area contributed by atoms with Gasteiger partial charge in [0.1, 0.15) is 11.5 Å². The number of likely N-dealkylation sites (tertiary alicyclic amines) is 1. The van der Waals surface area contributed by atoms with Crippen LogP contribution in [0, 0.1) is 5.92 Å². The third kappa shape index (κ3) is 1.74. The van der Waals surface area contributed by atoms with Crippen LogP contribution in [0.25, 0.3) is 0 Å². The number of carbonyl (C=O) groups excluding carboxylic acids is 1. The molecule has 0 amide bonds. The van der Waals surface area contributed by atoms with Crippen molar-refractivity contribution in [3.63, 3.8) is 0 Å². The number of hydrogen-bond acceptors (Lipinski definition) is 4. The fourth-order valence-corrected chi connectivity index (χ4v) is 5.30. The van der Waals surface area contributed by atoms with Gasteiger partial charge in [-0.1, -0.05) is 12.1 Å². The van der Waals surface area contributed by atoms with Crippen LogP contribution in [0.1, 0.15) is 42.4 Å². The monoisotopic (exact) mass is 301 g/mol. The minimum absolute atomic E-state index is 0.156. The highest BCUT2D eigenvalue weighted by Crippen LogP contribution is 2.57. The highest BCUT2D eigenvalue weighted by atomic mass is 16.3. The Morgan fingerprint density at radius 3 is 3.00 bits per heavy atom. The lowest BCUT2D eigenvalue weighted by Gasteiger charge is -2.58. The third-order valence-corrected chi connectivity index (χ3v) is 6.34. The molecule has 1 heterocycles. The van der Waals surface area contributed by atoms with Gasteiger partial charge in [0, 0.05) is 35.4 Å². The smallest absolute Gasteiger partial charge is 0.133 e. The summed E-state index contributed by atoms with van der Waals surface area (Å²) in [5, 5.41) is 20.2. The fraction of sp³-hybridized carbons (Fsp3) is 0.611. The molecule has 4 nitrogen and oxygen atoms in total. The Bertz CT molecular complexity index is 641. The van der Waals surface area contributed by atoms with Crippen molar-refractivity contribution in [3.8, 4) is 5.75 Å². The van der Waals surface area contributed by atoms with Crippen molar-refractivity contribution in [1.82, 2.24) is 4.90 Å². The normalized spacial score (nSPS) is 34.2. The second kappa shape index (κ2) is 4.80. The molecule has 4 heteroatoms. The van der Waals surface area contributed by atoms with Crippen LogP contribution >= 0.6 is 0 Å². The molecular formula is C18H23NO3. The zero-order valence-electron chi connectivity index (χ0n) is 13.0. The van der Waals surface area contributed by atoms with E-state index < -0.39 is 0 Å². The number of piperidine rings is 1. The summed E-state index contributed by atoms with van der Waals surface area (Å²) in [6, 6.07) is 4.34. The van der Waals surface area contributed by atoms with Gasteiger partial charge in [0.2, 0.25) is 0 Å². The standard InChI is InChI=1S/C18H23NO3/c1-19-7-6-18-9-13(21)4-5-14(18)15(19)8-11-2-3-12(10-20)17(22)16(11)18/h2-3,14-15,20,22H,4-10H2,1H3/t14-,15+,18-/m0/s1. The quantitative estimate of drug-likeness (QED) is 0.829. The van der Waals surface area contributed by atoms with Crippen LogP contribution in [-0.2, 0) is 23.2 Å². The maximum atomic E-state index is 12.2. The summed E-state index contributed by atoms with van der Waals surface area (Å²) in [4.78, 5) is 14.7. The van der Waals surface area contributed by atoms with Crippen molar-refractivity contribution in [2.75, 3.05) is 13.6 Å². The Morgan fingerprint density at radius 2 is 2.23 bits per heavy atom. The van der Waals surface area contributed by atoms with Crippen LogP contribution in [0.4, 0.5) is 0 Å². The summed E-state index contributed by atoms with van der Waals surface area (Å²) in [7, 11) is 2.18. The number of fused-ring (bicyclic) bond motifs is 1. The number of phenols is 1. The molecular weight excluding hydrogens is 278 g/mol. The second-order valence-corrected chi connectivity index (χ2v) is 7.28. The first-order chi connectivity index (χ1) is 10.6. The van der Waals surface area contributed by atoms with Crippen LogP contribution in [0.3, 0.4) is 0 Å². The number of carbonyl (C=O) groups is 1. The first kappa shape index (κ1) is 14.2. The lowest BCUT2D eigenvalue weighted by atomic mass is 9.52. The zero-order valence-corrected chi connectivity index (χ0v) is 13.0. The van der Waals surface area contributed by atoms with Crippen molar-refractivity contribution < 1.29 is 15.0 Å². The molecule has 0 radical (unpaired) electrons. The molecule has 1 aliphatic heterocycles. The van der Waals surface area contributed by atoms with Crippen LogP contribution in [0.15, 0.2) is 12.1 Å². The first-order valence-corrected chi connectivity index (χ1v) is 8.24. The number of aliphatic hydroxyl groups excluding tert-OH is 1. The summed E-state index contributed by atoms with van der Waals surface area (Å²) in [6.07, 6.45) is 4.01. The van der Waals surface area contributed by atoms with Gasteiger partial charge >= 0.3 is 0 Å². The molecule has 1 aromatic carbocycles. The van der Waals surface area contributed by atoms with Crippen molar-refractivity contribution in [2.24, 2.45) is 5.92 Å². The molecule has 2 N–H and O–H groups in total. The molecule has 1 saturated carbocycles. The summed E-state index contributed by atoms with van der Waals surface area (Å²) >= 11 is 0. The lowest BCUT2D eigenvalue weighted by molar-refractivity contribution is -0.126. The fourth-order valence-electron chi connectivity index (χ4n) is 5.30. The van der Waals surface area contributed by atoms with Gasteiger partial charge < -0.3 is 15.1 Å². The molecule has 0 aromatic heterocycles. The molecule has 2 fully saturated rings. The van der Waals surface area contributed by atoms with Crippen molar-refractivity contribution in [3.05, 3.63) is 28.8 Å². The van der Waals surface area contributed by atoms with E-state index in [9.17, 15) is 15.0 Å². The van der Waals surface area contributed by atoms with E-state index in [1.54, 1.807) is 0 Å². The number of benzene rings is 1. The molecule has 1 aromatic rings. The molecule has 3 atom stereocenters. The van der Waals surface area contributed by atoms with E-state index in [0.29, 0.717) is 36.1 Å². The number of ketones is 1. The van der Waals surface area contributed by atoms with Gasteiger partial charge in [0.05, 0.1) is 6.61 Å².